The highest BCUT2D eigenvalue weighted by Crippen LogP contribution is 2.66. The average molecular weight is 607 g/mol. The van der Waals surface area contributed by atoms with Crippen molar-refractivity contribution in [2.24, 2.45) is 5.92 Å². The second-order valence-corrected chi connectivity index (χ2v) is 14.2. The van der Waals surface area contributed by atoms with Gasteiger partial charge in [0.25, 0.3) is 5.91 Å². The van der Waals surface area contributed by atoms with Crippen molar-refractivity contribution >= 4 is 17.8 Å². The maximum absolute atomic E-state index is 13.8. The predicted molar refractivity (Wildman–Crippen MR) is 161 cm³/mol. The monoisotopic (exact) mass is 606 g/mol. The Morgan fingerprint density at radius 3 is 2.25 bits per heavy atom. The lowest BCUT2D eigenvalue weighted by Crippen LogP contribution is -2.78. The molecule has 10 nitrogen and oxygen atoms in total. The van der Waals surface area contributed by atoms with Crippen molar-refractivity contribution in [2.45, 2.75) is 93.9 Å². The van der Waals surface area contributed by atoms with Crippen LogP contribution in [0.25, 0.3) is 0 Å². The minimum atomic E-state index is -1.82. The number of hydrogen-bond donors (Lipinski definition) is 4. The first-order chi connectivity index (χ1) is 20.7. The Kier molecular flexibility index (Phi) is 7.24. The van der Waals surface area contributed by atoms with Gasteiger partial charge in [0, 0.05) is 30.8 Å². The van der Waals surface area contributed by atoms with Crippen molar-refractivity contribution in [3.8, 4) is 11.5 Å². The van der Waals surface area contributed by atoms with E-state index >= 15 is 0 Å². The van der Waals surface area contributed by atoms with E-state index < -0.39 is 29.1 Å². The molecule has 2 heterocycles. The molecule has 1 spiro atoms. The molecule has 2 aromatic carbocycles. The number of nitrogens with zero attached hydrogens (tertiary/aromatic N) is 2. The molecule has 2 aromatic rings. The molecule has 5 atom stereocenters. The standard InChI is InChI=1S/C32H40N2O4.C2H2O4/c1-30(2,3)22-10-7-20(8-11-22)29(36)33(4)23-13-14-32(37)25-17-21-9-12-24(35)27-26(21)31(32,28(23)38-27)15-16-34(25)18-19-5-6-19;3-1(4)2(5)6/h7-12,19,23,25,28,35,37H,5-6,13-18H2,1-4H3;(H,3,4)(H,5,6)/t23-,25-,28+,31?,32-;/m1./s1. The number of likely N-dealkylation sites (N-methyl/N-ethyl adjacent to an activating group) is 1. The molecule has 10 heteroatoms. The van der Waals surface area contributed by atoms with Gasteiger partial charge in [0.1, 0.15) is 6.10 Å². The van der Waals surface area contributed by atoms with Gasteiger partial charge >= 0.3 is 11.9 Å². The smallest absolute Gasteiger partial charge is 0.414 e. The third-order valence-electron chi connectivity index (χ3n) is 10.7. The molecule has 3 aliphatic carbocycles. The maximum Gasteiger partial charge on any atom is 0.414 e. The summed E-state index contributed by atoms with van der Waals surface area (Å²) < 4.78 is 6.66. The first-order valence-electron chi connectivity index (χ1n) is 15.5. The SMILES string of the molecule is CN(C(=O)c1ccc(C(C)(C)C)cc1)[C@@H]1CC[C@@]2(O)[C@H]3Cc4ccc(O)c5c4C2(CCN3CC2CC2)[C@H]1O5.O=C(O)C(=O)O. The van der Waals surface area contributed by atoms with Gasteiger partial charge in [-0.15, -0.1) is 0 Å². The second kappa shape index (κ2) is 10.5. The van der Waals surface area contributed by atoms with Crippen LogP contribution in [0.3, 0.4) is 0 Å². The Morgan fingerprint density at radius 1 is 1.00 bits per heavy atom. The topological polar surface area (TPSA) is 148 Å². The summed E-state index contributed by atoms with van der Waals surface area (Å²) in [7, 11) is 1.88. The van der Waals surface area contributed by atoms with Crippen LogP contribution in [0, 0.1) is 5.92 Å². The number of carbonyl (C=O) groups excluding carboxylic acids is 1. The highest BCUT2D eigenvalue weighted by atomic mass is 16.5. The number of rotatable bonds is 4. The number of benzene rings is 2. The van der Waals surface area contributed by atoms with Crippen molar-refractivity contribution in [3.05, 3.63) is 58.7 Å². The van der Waals surface area contributed by atoms with Gasteiger partial charge in [0.2, 0.25) is 0 Å². The number of carboxylic acids is 2. The Bertz CT molecular complexity index is 1480. The zero-order valence-electron chi connectivity index (χ0n) is 25.7. The van der Waals surface area contributed by atoms with Crippen LogP contribution in [-0.4, -0.2) is 92.0 Å². The highest BCUT2D eigenvalue weighted by molar-refractivity contribution is 6.27. The van der Waals surface area contributed by atoms with Gasteiger partial charge in [-0.1, -0.05) is 39.0 Å². The molecule has 4 N–H and O–H groups in total. The van der Waals surface area contributed by atoms with Crippen LogP contribution in [0.15, 0.2) is 36.4 Å². The fourth-order valence-corrected chi connectivity index (χ4v) is 8.32. The molecule has 7 rings (SSSR count). The molecule has 2 saturated carbocycles. The number of phenols is 1. The van der Waals surface area contributed by atoms with Crippen molar-refractivity contribution in [3.63, 3.8) is 0 Å². The third-order valence-corrected chi connectivity index (χ3v) is 10.7. The van der Waals surface area contributed by atoms with Crippen LogP contribution in [0.1, 0.15) is 79.9 Å². The van der Waals surface area contributed by atoms with Gasteiger partial charge in [0.05, 0.1) is 17.1 Å². The zero-order valence-corrected chi connectivity index (χ0v) is 25.7. The number of aliphatic carboxylic acids is 2. The van der Waals surface area contributed by atoms with E-state index in [-0.39, 0.29) is 29.2 Å². The molecule has 2 aliphatic heterocycles. The summed E-state index contributed by atoms with van der Waals surface area (Å²) in [4.78, 5) is 36.4. The van der Waals surface area contributed by atoms with Gasteiger partial charge in [0.15, 0.2) is 11.5 Å². The molecule has 1 unspecified atom stereocenters. The lowest BCUT2D eigenvalue weighted by atomic mass is 9.48. The van der Waals surface area contributed by atoms with Crippen LogP contribution in [0.2, 0.25) is 0 Å². The summed E-state index contributed by atoms with van der Waals surface area (Å²) in [5.74, 6) is -2.25. The molecular weight excluding hydrogens is 564 g/mol. The second-order valence-electron chi connectivity index (χ2n) is 14.2. The summed E-state index contributed by atoms with van der Waals surface area (Å²) in [6, 6.07) is 11.6. The molecule has 0 aromatic heterocycles. The van der Waals surface area contributed by atoms with Gasteiger partial charge in [-0.2, -0.15) is 0 Å². The van der Waals surface area contributed by atoms with Crippen molar-refractivity contribution in [1.29, 1.82) is 0 Å². The minimum absolute atomic E-state index is 0.0233. The average Bonchev–Trinajstić information content (AvgIpc) is 3.72. The number of carboxylic acid groups (broad SMARTS) is 2. The first-order valence-corrected chi connectivity index (χ1v) is 15.5. The van der Waals surface area contributed by atoms with E-state index in [2.05, 4.69) is 25.7 Å². The first kappa shape index (κ1) is 30.4. The van der Waals surface area contributed by atoms with Gasteiger partial charge < -0.3 is 30.1 Å². The maximum atomic E-state index is 13.8. The van der Waals surface area contributed by atoms with E-state index in [9.17, 15) is 15.0 Å². The minimum Gasteiger partial charge on any atom is -0.504 e. The Balaban J connectivity index is 0.000000523. The zero-order chi connectivity index (χ0) is 31.8. The molecule has 236 valence electrons. The number of aromatic hydroxyl groups is 1. The largest absolute Gasteiger partial charge is 0.504 e. The highest BCUT2D eigenvalue weighted by Gasteiger charge is 2.73. The number of phenolic OH excluding ortho intramolecular Hbond substituents is 1. The Labute approximate surface area is 257 Å². The molecular formula is C34H42N2O8. The van der Waals surface area contributed by atoms with E-state index in [4.69, 9.17) is 24.5 Å². The van der Waals surface area contributed by atoms with E-state index in [0.717, 1.165) is 37.4 Å². The number of carbonyl (C=O) groups is 3. The van der Waals surface area contributed by atoms with Gasteiger partial charge in [-0.25, -0.2) is 9.59 Å². The lowest BCUT2D eigenvalue weighted by Gasteiger charge is -2.64. The van der Waals surface area contributed by atoms with Crippen LogP contribution in [-0.2, 0) is 26.8 Å². The summed E-state index contributed by atoms with van der Waals surface area (Å²) in [5, 5.41) is 38.3. The molecule has 5 aliphatic rings. The van der Waals surface area contributed by atoms with Crippen molar-refractivity contribution in [2.75, 3.05) is 20.1 Å². The van der Waals surface area contributed by atoms with E-state index in [1.807, 2.05) is 42.3 Å². The van der Waals surface area contributed by atoms with Crippen molar-refractivity contribution < 1.29 is 39.5 Å². The third kappa shape index (κ3) is 4.65. The molecule has 1 saturated heterocycles. The number of piperidine rings is 1. The number of hydrogen-bond acceptors (Lipinski definition) is 7. The molecule has 44 heavy (non-hydrogen) atoms. The quantitative estimate of drug-likeness (QED) is 0.384. The Morgan fingerprint density at radius 2 is 1.66 bits per heavy atom. The normalized spacial score (nSPS) is 29.9. The molecule has 2 bridgehead atoms. The predicted octanol–water partition coefficient (Wildman–Crippen LogP) is 3.55. The van der Waals surface area contributed by atoms with Crippen molar-refractivity contribution in [1.82, 2.24) is 9.80 Å². The Hall–Kier alpha value is -3.63. The fourth-order valence-electron chi connectivity index (χ4n) is 8.32. The molecule has 3 fully saturated rings. The number of amides is 1. The van der Waals surface area contributed by atoms with E-state index in [0.29, 0.717) is 24.2 Å². The number of ether oxygens (including phenoxy) is 1. The molecule has 0 radical (unpaired) electrons. The summed E-state index contributed by atoms with van der Waals surface area (Å²) in [6.07, 6.45) is 5.04. The van der Waals surface area contributed by atoms with E-state index in [1.165, 1.54) is 24.0 Å². The van der Waals surface area contributed by atoms with Crippen LogP contribution in [0.5, 0.6) is 11.5 Å². The number of likely N-dealkylation sites (tertiary alicyclic amines) is 1. The van der Waals surface area contributed by atoms with Crippen LogP contribution >= 0.6 is 0 Å². The summed E-state index contributed by atoms with van der Waals surface area (Å²) >= 11 is 0. The fraction of sp³-hybridized carbons (Fsp3) is 0.559. The van der Waals surface area contributed by atoms with Crippen LogP contribution in [0.4, 0.5) is 0 Å². The van der Waals surface area contributed by atoms with E-state index in [1.54, 1.807) is 6.07 Å². The van der Waals surface area contributed by atoms with Gasteiger partial charge in [-0.3, -0.25) is 9.69 Å². The van der Waals surface area contributed by atoms with Crippen LogP contribution < -0.4 is 4.74 Å². The summed E-state index contributed by atoms with van der Waals surface area (Å²) in [6.45, 7) is 8.48. The molecule has 1 amide bonds. The summed E-state index contributed by atoms with van der Waals surface area (Å²) in [5.41, 5.74) is 2.52. The number of aliphatic hydroxyl groups is 1. The van der Waals surface area contributed by atoms with Gasteiger partial charge in [-0.05, 0) is 85.7 Å². The lowest BCUT2D eigenvalue weighted by molar-refractivity contribution is -0.197.